The van der Waals surface area contributed by atoms with Gasteiger partial charge in [0.15, 0.2) is 6.10 Å². The SMILES string of the molecule is CC[C@H](CNC(=O)[C@@H](C)OC(=O)c1ccc(N(C)C)cc1)c1ccccc1. The second-order valence-electron chi connectivity index (χ2n) is 6.75. The molecule has 0 aromatic heterocycles. The molecule has 2 aromatic carbocycles. The van der Waals surface area contributed by atoms with Crippen molar-refractivity contribution < 1.29 is 14.3 Å². The Morgan fingerprint density at radius 3 is 2.22 bits per heavy atom. The summed E-state index contributed by atoms with van der Waals surface area (Å²) in [6, 6.07) is 17.1. The van der Waals surface area contributed by atoms with Crippen LogP contribution in [-0.4, -0.2) is 38.6 Å². The van der Waals surface area contributed by atoms with Crippen LogP contribution in [0.15, 0.2) is 54.6 Å². The van der Waals surface area contributed by atoms with Crippen LogP contribution in [0.4, 0.5) is 5.69 Å². The van der Waals surface area contributed by atoms with Gasteiger partial charge >= 0.3 is 5.97 Å². The standard InChI is InChI=1S/C22H28N2O3/c1-5-17(18-9-7-6-8-10-18)15-23-21(25)16(2)27-22(26)19-11-13-20(14-12-19)24(3)4/h6-14,16-17H,5,15H2,1-4H3,(H,23,25)/t16-,17-/m1/s1. The Kier molecular flexibility index (Phi) is 7.41. The summed E-state index contributed by atoms with van der Waals surface area (Å²) in [4.78, 5) is 26.5. The Hall–Kier alpha value is -2.82. The van der Waals surface area contributed by atoms with Crippen LogP contribution >= 0.6 is 0 Å². The van der Waals surface area contributed by atoms with Crippen molar-refractivity contribution in [1.82, 2.24) is 5.32 Å². The van der Waals surface area contributed by atoms with Crippen molar-refractivity contribution in [2.75, 3.05) is 25.5 Å². The van der Waals surface area contributed by atoms with Gasteiger partial charge in [-0.05, 0) is 43.2 Å². The molecule has 0 fully saturated rings. The molecule has 0 aliphatic rings. The normalized spacial score (nSPS) is 12.7. The molecule has 2 atom stereocenters. The number of benzene rings is 2. The summed E-state index contributed by atoms with van der Waals surface area (Å²) in [5, 5.41) is 2.89. The Morgan fingerprint density at radius 2 is 1.67 bits per heavy atom. The lowest BCUT2D eigenvalue weighted by atomic mass is 9.96. The smallest absolute Gasteiger partial charge is 0.338 e. The van der Waals surface area contributed by atoms with Gasteiger partial charge in [0, 0.05) is 32.2 Å². The van der Waals surface area contributed by atoms with Crippen molar-refractivity contribution in [3.63, 3.8) is 0 Å². The summed E-state index contributed by atoms with van der Waals surface area (Å²) in [6.45, 7) is 4.19. The summed E-state index contributed by atoms with van der Waals surface area (Å²) < 4.78 is 5.31. The van der Waals surface area contributed by atoms with Crippen molar-refractivity contribution in [1.29, 1.82) is 0 Å². The number of hydrogen-bond acceptors (Lipinski definition) is 4. The molecule has 2 rings (SSSR count). The third-order valence-corrected chi connectivity index (χ3v) is 4.56. The Labute approximate surface area is 161 Å². The summed E-state index contributed by atoms with van der Waals surface area (Å²) >= 11 is 0. The minimum absolute atomic E-state index is 0.233. The minimum Gasteiger partial charge on any atom is -0.449 e. The number of anilines is 1. The molecule has 0 bridgehead atoms. The quantitative estimate of drug-likeness (QED) is 0.723. The molecule has 0 unspecified atom stereocenters. The van der Waals surface area contributed by atoms with Crippen molar-refractivity contribution in [2.45, 2.75) is 32.3 Å². The molecule has 5 heteroatoms. The van der Waals surface area contributed by atoms with E-state index in [1.165, 1.54) is 5.56 Å². The van der Waals surface area contributed by atoms with E-state index < -0.39 is 12.1 Å². The number of ether oxygens (including phenoxy) is 1. The maximum atomic E-state index is 12.3. The number of amides is 1. The van der Waals surface area contributed by atoms with Gasteiger partial charge in [-0.25, -0.2) is 4.79 Å². The fourth-order valence-corrected chi connectivity index (χ4v) is 2.77. The molecule has 0 spiro atoms. The number of nitrogens with one attached hydrogen (secondary N) is 1. The van der Waals surface area contributed by atoms with Crippen molar-refractivity contribution in [2.24, 2.45) is 0 Å². The second-order valence-corrected chi connectivity index (χ2v) is 6.75. The van der Waals surface area contributed by atoms with E-state index in [4.69, 9.17) is 4.74 Å². The van der Waals surface area contributed by atoms with Gasteiger partial charge < -0.3 is 15.0 Å². The first kappa shape index (κ1) is 20.5. The average molecular weight is 368 g/mol. The van der Waals surface area contributed by atoms with Crippen LogP contribution in [0.5, 0.6) is 0 Å². The number of rotatable bonds is 8. The van der Waals surface area contributed by atoms with Gasteiger partial charge in [-0.2, -0.15) is 0 Å². The molecular weight excluding hydrogens is 340 g/mol. The van der Waals surface area contributed by atoms with Gasteiger partial charge in [0.05, 0.1) is 5.56 Å². The largest absolute Gasteiger partial charge is 0.449 e. The van der Waals surface area contributed by atoms with Crippen LogP contribution in [0.25, 0.3) is 0 Å². The van der Waals surface area contributed by atoms with Crippen LogP contribution in [0, 0.1) is 0 Å². The molecule has 0 aliphatic heterocycles. The Morgan fingerprint density at radius 1 is 1.04 bits per heavy atom. The third-order valence-electron chi connectivity index (χ3n) is 4.56. The highest BCUT2D eigenvalue weighted by atomic mass is 16.5. The third kappa shape index (κ3) is 5.84. The fraction of sp³-hybridized carbons (Fsp3) is 0.364. The molecule has 0 radical (unpaired) electrons. The number of carbonyl (C=O) groups excluding carboxylic acids is 2. The first-order valence-corrected chi connectivity index (χ1v) is 9.23. The lowest BCUT2D eigenvalue weighted by Crippen LogP contribution is -2.38. The van der Waals surface area contributed by atoms with Gasteiger partial charge in [-0.1, -0.05) is 37.3 Å². The predicted octanol–water partition coefficient (Wildman–Crippen LogP) is 3.61. The first-order valence-electron chi connectivity index (χ1n) is 9.23. The van der Waals surface area contributed by atoms with E-state index in [2.05, 4.69) is 24.4 Å². The lowest BCUT2D eigenvalue weighted by Gasteiger charge is -2.19. The topological polar surface area (TPSA) is 58.6 Å². The zero-order valence-electron chi connectivity index (χ0n) is 16.4. The Balaban J connectivity index is 1.88. The molecule has 0 heterocycles. The zero-order valence-corrected chi connectivity index (χ0v) is 16.4. The fourth-order valence-electron chi connectivity index (χ4n) is 2.77. The molecule has 27 heavy (non-hydrogen) atoms. The monoisotopic (exact) mass is 368 g/mol. The number of carbonyl (C=O) groups is 2. The molecule has 144 valence electrons. The molecular formula is C22H28N2O3. The van der Waals surface area contributed by atoms with E-state index in [0.29, 0.717) is 12.1 Å². The van der Waals surface area contributed by atoms with Crippen LogP contribution in [0.3, 0.4) is 0 Å². The maximum Gasteiger partial charge on any atom is 0.338 e. The summed E-state index contributed by atoms with van der Waals surface area (Å²) in [7, 11) is 3.86. The molecule has 1 amide bonds. The highest BCUT2D eigenvalue weighted by Gasteiger charge is 2.20. The number of esters is 1. The van der Waals surface area contributed by atoms with Crippen molar-refractivity contribution >= 4 is 17.6 Å². The zero-order chi connectivity index (χ0) is 19.8. The van der Waals surface area contributed by atoms with Gasteiger partial charge in [-0.15, -0.1) is 0 Å². The summed E-state index contributed by atoms with van der Waals surface area (Å²) in [5.41, 5.74) is 2.60. The summed E-state index contributed by atoms with van der Waals surface area (Å²) in [6.07, 6.45) is 0.0655. The Bertz CT molecular complexity index is 742. The number of nitrogens with zero attached hydrogens (tertiary/aromatic N) is 1. The lowest BCUT2D eigenvalue weighted by molar-refractivity contribution is -0.129. The molecule has 0 saturated carbocycles. The van der Waals surface area contributed by atoms with E-state index in [9.17, 15) is 9.59 Å². The molecule has 1 N–H and O–H groups in total. The molecule has 0 aliphatic carbocycles. The van der Waals surface area contributed by atoms with Crippen LogP contribution in [-0.2, 0) is 9.53 Å². The molecule has 0 saturated heterocycles. The molecule has 5 nitrogen and oxygen atoms in total. The summed E-state index contributed by atoms with van der Waals surface area (Å²) in [5.74, 6) is -0.558. The second kappa shape index (κ2) is 9.76. The van der Waals surface area contributed by atoms with Crippen LogP contribution in [0.1, 0.15) is 42.1 Å². The van der Waals surface area contributed by atoms with E-state index in [-0.39, 0.29) is 11.8 Å². The highest BCUT2D eigenvalue weighted by Crippen LogP contribution is 2.18. The predicted molar refractivity (Wildman–Crippen MR) is 108 cm³/mol. The number of hydrogen-bond donors (Lipinski definition) is 1. The van der Waals surface area contributed by atoms with Gasteiger partial charge in [0.1, 0.15) is 0 Å². The van der Waals surface area contributed by atoms with Crippen LogP contribution < -0.4 is 10.2 Å². The van der Waals surface area contributed by atoms with Crippen molar-refractivity contribution in [3.8, 4) is 0 Å². The van der Waals surface area contributed by atoms with Gasteiger partial charge in [0.25, 0.3) is 5.91 Å². The van der Waals surface area contributed by atoms with Gasteiger partial charge in [-0.3, -0.25) is 4.79 Å². The van der Waals surface area contributed by atoms with E-state index >= 15 is 0 Å². The van der Waals surface area contributed by atoms with E-state index in [0.717, 1.165) is 12.1 Å². The average Bonchev–Trinajstić information content (AvgIpc) is 2.69. The van der Waals surface area contributed by atoms with E-state index in [1.54, 1.807) is 19.1 Å². The highest BCUT2D eigenvalue weighted by molar-refractivity contribution is 5.92. The van der Waals surface area contributed by atoms with Gasteiger partial charge in [0.2, 0.25) is 0 Å². The molecule has 2 aromatic rings. The minimum atomic E-state index is -0.848. The van der Waals surface area contributed by atoms with E-state index in [1.807, 2.05) is 49.3 Å². The van der Waals surface area contributed by atoms with Crippen molar-refractivity contribution in [3.05, 3.63) is 65.7 Å². The van der Waals surface area contributed by atoms with Crippen LogP contribution in [0.2, 0.25) is 0 Å². The first-order chi connectivity index (χ1) is 12.9. The maximum absolute atomic E-state index is 12.3.